The Kier molecular flexibility index (Phi) is 3.27. The molecule has 0 N–H and O–H groups in total. The van der Waals surface area contributed by atoms with Gasteiger partial charge in [0, 0.05) is 5.92 Å². The summed E-state index contributed by atoms with van der Waals surface area (Å²) in [4.78, 5) is 27.6. The molecule has 29 heavy (non-hydrogen) atoms. The second-order valence-electron chi connectivity index (χ2n) is 8.21. The minimum atomic E-state index is -1.03. The molecule has 2 atom stereocenters. The molecule has 3 aliphatic carbocycles. The number of rotatable bonds is 1. The normalized spacial score (nSPS) is 28.9. The highest BCUT2D eigenvalue weighted by Crippen LogP contribution is 2.65. The molecule has 4 heteroatoms. The summed E-state index contributed by atoms with van der Waals surface area (Å²) in [5.74, 6) is -1.59. The van der Waals surface area contributed by atoms with Crippen molar-refractivity contribution in [2.75, 3.05) is 4.90 Å². The van der Waals surface area contributed by atoms with Crippen LogP contribution in [-0.2, 0) is 14.5 Å². The monoisotopic (exact) mass is 399 g/mol. The Morgan fingerprint density at radius 1 is 0.793 bits per heavy atom. The summed E-state index contributed by atoms with van der Waals surface area (Å²) in [6.07, 6.45) is 0. The van der Waals surface area contributed by atoms with E-state index < -0.39 is 16.7 Å². The molecule has 1 aliphatic heterocycles. The summed E-state index contributed by atoms with van der Waals surface area (Å²) in [6.45, 7) is 1.98. The predicted molar refractivity (Wildman–Crippen MR) is 112 cm³/mol. The molecule has 1 fully saturated rings. The Bertz CT molecular complexity index is 1150. The average Bonchev–Trinajstić information content (AvgIpc) is 3.01. The number of carbonyl (C=O) groups is 2. The largest absolute Gasteiger partial charge is 0.274 e. The fourth-order valence-corrected chi connectivity index (χ4v) is 6.20. The maximum atomic E-state index is 13.7. The van der Waals surface area contributed by atoms with Gasteiger partial charge in [0.25, 0.3) is 0 Å². The van der Waals surface area contributed by atoms with Crippen molar-refractivity contribution in [2.45, 2.75) is 17.7 Å². The van der Waals surface area contributed by atoms with Crippen LogP contribution in [0.4, 0.5) is 5.69 Å². The lowest BCUT2D eigenvalue weighted by Gasteiger charge is -2.50. The Hall–Kier alpha value is -2.91. The van der Waals surface area contributed by atoms with Crippen molar-refractivity contribution in [2.24, 2.45) is 11.8 Å². The molecule has 3 aromatic carbocycles. The van der Waals surface area contributed by atoms with Crippen LogP contribution in [0.25, 0.3) is 0 Å². The van der Waals surface area contributed by atoms with Gasteiger partial charge in [-0.3, -0.25) is 9.59 Å². The van der Waals surface area contributed by atoms with Gasteiger partial charge in [-0.1, -0.05) is 66.2 Å². The molecule has 1 saturated heterocycles. The number of carbonyl (C=O) groups excluding carboxylic acids is 2. The van der Waals surface area contributed by atoms with Crippen molar-refractivity contribution in [3.05, 3.63) is 101 Å². The van der Waals surface area contributed by atoms with E-state index in [1.807, 2.05) is 67.6 Å². The van der Waals surface area contributed by atoms with Crippen molar-refractivity contribution in [3.63, 3.8) is 0 Å². The molecular weight excluding hydrogens is 382 g/mol. The van der Waals surface area contributed by atoms with E-state index in [0.29, 0.717) is 5.69 Å². The highest BCUT2D eigenvalue weighted by molar-refractivity contribution is 6.33. The van der Waals surface area contributed by atoms with Crippen LogP contribution in [0, 0.1) is 18.8 Å². The van der Waals surface area contributed by atoms with E-state index in [1.165, 1.54) is 4.90 Å². The zero-order valence-corrected chi connectivity index (χ0v) is 16.6. The predicted octanol–water partition coefficient (Wildman–Crippen LogP) is 4.74. The summed E-state index contributed by atoms with van der Waals surface area (Å²) < 4.78 is 0. The second kappa shape index (κ2) is 5.58. The lowest BCUT2D eigenvalue weighted by Crippen LogP contribution is -2.50. The zero-order chi connectivity index (χ0) is 19.9. The molecule has 2 amide bonds. The Morgan fingerprint density at radius 3 is 1.93 bits per heavy atom. The van der Waals surface area contributed by atoms with E-state index in [4.69, 9.17) is 11.6 Å². The highest BCUT2D eigenvalue weighted by atomic mass is 35.5. The van der Waals surface area contributed by atoms with Crippen molar-refractivity contribution >= 4 is 29.1 Å². The van der Waals surface area contributed by atoms with E-state index in [2.05, 4.69) is 12.1 Å². The Morgan fingerprint density at radius 2 is 1.34 bits per heavy atom. The van der Waals surface area contributed by atoms with Gasteiger partial charge in [0.05, 0.1) is 17.5 Å². The number of imide groups is 1. The number of hydrogen-bond acceptors (Lipinski definition) is 2. The molecule has 0 saturated carbocycles. The topological polar surface area (TPSA) is 37.4 Å². The molecule has 3 aromatic rings. The van der Waals surface area contributed by atoms with Crippen LogP contribution < -0.4 is 4.90 Å². The van der Waals surface area contributed by atoms with Crippen LogP contribution in [0.3, 0.4) is 0 Å². The van der Waals surface area contributed by atoms with Gasteiger partial charge < -0.3 is 0 Å². The van der Waals surface area contributed by atoms with E-state index >= 15 is 0 Å². The fourth-order valence-electron chi connectivity index (χ4n) is 5.63. The Labute approximate surface area is 173 Å². The third-order valence-corrected chi connectivity index (χ3v) is 7.45. The van der Waals surface area contributed by atoms with Gasteiger partial charge in [0.2, 0.25) is 11.8 Å². The molecule has 1 heterocycles. The van der Waals surface area contributed by atoms with Crippen LogP contribution in [0.5, 0.6) is 0 Å². The van der Waals surface area contributed by atoms with E-state index in [0.717, 1.165) is 27.8 Å². The fraction of sp³-hybridized carbons (Fsp3) is 0.200. The van der Waals surface area contributed by atoms with Crippen LogP contribution in [0.2, 0.25) is 0 Å². The summed E-state index contributed by atoms with van der Waals surface area (Å²) in [6, 6.07) is 23.5. The Balaban J connectivity index is 1.61. The van der Waals surface area contributed by atoms with E-state index in [1.54, 1.807) is 0 Å². The van der Waals surface area contributed by atoms with Gasteiger partial charge in [0.1, 0.15) is 4.87 Å². The van der Waals surface area contributed by atoms with Gasteiger partial charge in [-0.25, -0.2) is 4.90 Å². The van der Waals surface area contributed by atoms with Gasteiger partial charge >= 0.3 is 0 Å². The third kappa shape index (κ3) is 1.94. The summed E-state index contributed by atoms with van der Waals surface area (Å²) in [5.41, 5.74) is 5.74. The number of aryl methyl sites for hydroxylation is 1. The van der Waals surface area contributed by atoms with Gasteiger partial charge in [-0.15, -0.1) is 11.6 Å². The maximum Gasteiger partial charge on any atom is 0.240 e. The highest BCUT2D eigenvalue weighted by Gasteiger charge is 2.67. The number of benzene rings is 3. The number of nitrogens with zero attached hydrogens (tertiary/aromatic N) is 1. The van der Waals surface area contributed by atoms with Crippen LogP contribution in [-0.4, -0.2) is 11.8 Å². The van der Waals surface area contributed by atoms with Crippen molar-refractivity contribution in [1.29, 1.82) is 0 Å². The number of alkyl halides is 1. The maximum absolute atomic E-state index is 13.7. The first kappa shape index (κ1) is 17.0. The quantitative estimate of drug-likeness (QED) is 0.437. The van der Waals surface area contributed by atoms with Crippen molar-refractivity contribution in [3.8, 4) is 0 Å². The van der Waals surface area contributed by atoms with E-state index in [9.17, 15) is 9.59 Å². The smallest absolute Gasteiger partial charge is 0.240 e. The lowest BCUT2D eigenvalue weighted by molar-refractivity contribution is -0.122. The molecule has 0 radical (unpaired) electrons. The van der Waals surface area contributed by atoms with Gasteiger partial charge in [0.15, 0.2) is 0 Å². The molecule has 4 aliphatic rings. The summed E-state index contributed by atoms with van der Waals surface area (Å²) >= 11 is 7.40. The molecule has 3 nitrogen and oxygen atoms in total. The summed E-state index contributed by atoms with van der Waals surface area (Å²) in [7, 11) is 0. The number of hydrogen-bond donors (Lipinski definition) is 0. The lowest BCUT2D eigenvalue weighted by atomic mass is 9.54. The number of halogens is 1. The minimum absolute atomic E-state index is 0.150. The first-order valence-corrected chi connectivity index (χ1v) is 10.2. The molecule has 0 spiro atoms. The molecule has 7 rings (SSSR count). The SMILES string of the molecule is Cc1ccc(N2C(=O)[C@H]3C4c5ccccc5C(Cl)(c5ccccc54)[C@H]3C2=O)cc1. The average molecular weight is 400 g/mol. The molecule has 0 unspecified atom stereocenters. The van der Waals surface area contributed by atoms with Gasteiger partial charge in [-0.05, 0) is 41.3 Å². The van der Waals surface area contributed by atoms with Crippen molar-refractivity contribution in [1.82, 2.24) is 0 Å². The first-order valence-electron chi connectivity index (χ1n) is 9.85. The summed E-state index contributed by atoms with van der Waals surface area (Å²) in [5, 5.41) is 0. The zero-order valence-electron chi connectivity index (χ0n) is 15.8. The minimum Gasteiger partial charge on any atom is -0.274 e. The number of anilines is 1. The molecule has 0 aromatic heterocycles. The van der Waals surface area contributed by atoms with E-state index in [-0.39, 0.29) is 17.7 Å². The van der Waals surface area contributed by atoms with Crippen LogP contribution in [0.1, 0.15) is 33.7 Å². The second-order valence-corrected chi connectivity index (χ2v) is 8.81. The van der Waals surface area contributed by atoms with Gasteiger partial charge in [-0.2, -0.15) is 0 Å². The third-order valence-electron chi connectivity index (χ3n) is 6.81. The standard InChI is InChI=1S/C25H18ClNO2/c1-14-10-12-15(13-11-14)27-23(28)21-20-16-6-2-4-8-18(16)25(26,22(21)24(27)29)19-9-5-3-7-17(19)20/h2-13,20-22H,1H3/t20?,21-,22+,25?/m0/s1. The molecular formula is C25H18ClNO2. The van der Waals surface area contributed by atoms with Crippen molar-refractivity contribution < 1.29 is 9.59 Å². The molecule has 142 valence electrons. The van der Waals surface area contributed by atoms with Crippen LogP contribution in [0.15, 0.2) is 72.8 Å². The number of amides is 2. The first-order chi connectivity index (χ1) is 14.0. The molecule has 2 bridgehead atoms. The van der Waals surface area contributed by atoms with Crippen LogP contribution >= 0.6 is 11.6 Å².